The number of benzene rings is 1. The van der Waals surface area contributed by atoms with Gasteiger partial charge in [-0.3, -0.25) is 29.1 Å². The zero-order chi connectivity index (χ0) is 29.3. The lowest BCUT2D eigenvalue weighted by molar-refractivity contribution is -0.151. The van der Waals surface area contributed by atoms with Crippen LogP contribution in [0.2, 0.25) is 0 Å². The number of carbonyl (C=O) groups is 4. The summed E-state index contributed by atoms with van der Waals surface area (Å²) >= 11 is 4.04. The number of carboxylic acid groups (broad SMARTS) is 1. The molecule has 17 heteroatoms. The Morgan fingerprint density at radius 3 is 2.59 bits per heavy atom. The number of aliphatic carboxylic acids is 1. The maximum atomic E-state index is 13.4. The minimum absolute atomic E-state index is 0.121. The van der Waals surface area contributed by atoms with Gasteiger partial charge in [-0.1, -0.05) is 53.4 Å². The third kappa shape index (κ3) is 5.96. The molecule has 41 heavy (non-hydrogen) atoms. The molecule has 3 atom stereocenters. The summed E-state index contributed by atoms with van der Waals surface area (Å²) in [6, 6.07) is 6.73. The number of hydrogen-bond donors (Lipinski definition) is 5. The highest BCUT2D eigenvalue weighted by molar-refractivity contribution is 8.01. The minimum Gasteiger partial charge on any atom is -0.477 e. The molecule has 3 aromatic rings. The average molecular weight is 616 g/mol. The number of aromatic nitrogens is 4. The largest absolute Gasteiger partial charge is 0.477 e. The number of carboxylic acids is 1. The van der Waals surface area contributed by atoms with Crippen LogP contribution in [0.5, 0.6) is 0 Å². The molecule has 5 N–H and O–H groups in total. The Labute approximate surface area is 243 Å². The molecule has 1 unspecified atom stereocenters. The third-order valence-electron chi connectivity index (χ3n) is 6.10. The van der Waals surface area contributed by atoms with Crippen molar-refractivity contribution in [3.8, 4) is 0 Å². The Morgan fingerprint density at radius 2 is 1.93 bits per heavy atom. The summed E-state index contributed by atoms with van der Waals surface area (Å²) in [6.07, 6.45) is 0. The first-order chi connectivity index (χ1) is 19.6. The average Bonchev–Trinajstić information content (AvgIpc) is 3.37. The van der Waals surface area contributed by atoms with Gasteiger partial charge in [-0.15, -0.1) is 22.0 Å². The van der Waals surface area contributed by atoms with Crippen molar-refractivity contribution in [1.82, 2.24) is 35.7 Å². The first-order valence-electron chi connectivity index (χ1n) is 11.9. The molecular formula is C24H21N7O7S3. The van der Waals surface area contributed by atoms with E-state index in [1.54, 1.807) is 30.3 Å². The molecule has 5 rings (SSSR count). The first-order valence-corrected chi connectivity index (χ1v) is 14.8. The second kappa shape index (κ2) is 11.7. The zero-order valence-corrected chi connectivity index (χ0v) is 23.5. The third-order valence-corrected chi connectivity index (χ3v) is 9.50. The van der Waals surface area contributed by atoms with Crippen molar-refractivity contribution < 1.29 is 24.3 Å². The number of carbonyl (C=O) groups excluding carboxylic acids is 3. The summed E-state index contributed by atoms with van der Waals surface area (Å²) in [5, 5.41) is 23.1. The lowest BCUT2D eigenvalue weighted by atomic mass is 10.0. The van der Waals surface area contributed by atoms with Crippen LogP contribution in [0.15, 0.2) is 61.6 Å². The minimum atomic E-state index is -1.29. The van der Waals surface area contributed by atoms with Gasteiger partial charge in [0.2, 0.25) is 5.91 Å². The predicted octanol–water partition coefficient (Wildman–Crippen LogP) is 0.225. The van der Waals surface area contributed by atoms with Crippen LogP contribution in [0.4, 0.5) is 0 Å². The van der Waals surface area contributed by atoms with Crippen molar-refractivity contribution in [2.45, 2.75) is 28.7 Å². The van der Waals surface area contributed by atoms with E-state index in [0.29, 0.717) is 27.0 Å². The van der Waals surface area contributed by atoms with Crippen molar-refractivity contribution in [1.29, 1.82) is 0 Å². The standard InChI is InChI=1S/C24H21N7O7S3/c1-10-29-30-24(41-10)40-9-12-8-39-21-16(20(35)31(21)17(12)22(36)37)28-19(34)15(11-5-3-2-4-6-11)27-18(33)13-7-14(32)26-23(38)25-13/h2-7,15-16,21H,8-9H2,1H3,(H,27,33)(H,28,34)(H,36,37)(H2,25,26,32,38)/t15-,16?,21-/m1/s1. The number of β-lactam (4-membered cyclic amide) rings is 1. The molecule has 0 bridgehead atoms. The van der Waals surface area contributed by atoms with Crippen molar-refractivity contribution >= 4 is 58.6 Å². The van der Waals surface area contributed by atoms with Crippen molar-refractivity contribution in [3.63, 3.8) is 0 Å². The number of thioether (sulfide) groups is 2. The lowest BCUT2D eigenvalue weighted by Crippen LogP contribution is -2.71. The summed E-state index contributed by atoms with van der Waals surface area (Å²) in [5.41, 5.74) is -1.24. The normalized spacial score (nSPS) is 18.8. The number of aromatic amines is 2. The number of rotatable bonds is 9. The molecule has 212 valence electrons. The van der Waals surface area contributed by atoms with Gasteiger partial charge in [0, 0.05) is 17.6 Å². The summed E-state index contributed by atoms with van der Waals surface area (Å²) in [4.78, 5) is 80.2. The number of nitrogens with zero attached hydrogens (tertiary/aromatic N) is 3. The van der Waals surface area contributed by atoms with Crippen LogP contribution in [0.1, 0.15) is 27.1 Å². The quantitative estimate of drug-likeness (QED) is 0.163. The highest BCUT2D eigenvalue weighted by Crippen LogP contribution is 2.42. The van der Waals surface area contributed by atoms with Crippen molar-refractivity contribution in [2.75, 3.05) is 11.5 Å². The van der Waals surface area contributed by atoms with E-state index in [4.69, 9.17) is 0 Å². The second-order valence-electron chi connectivity index (χ2n) is 8.85. The van der Waals surface area contributed by atoms with Gasteiger partial charge in [0.25, 0.3) is 17.4 Å². The van der Waals surface area contributed by atoms with E-state index in [0.717, 1.165) is 11.1 Å². The summed E-state index contributed by atoms with van der Waals surface area (Å²) < 4.78 is 0.685. The number of fused-ring (bicyclic) bond motifs is 1. The molecule has 0 spiro atoms. The van der Waals surface area contributed by atoms with Gasteiger partial charge in [-0.2, -0.15) is 0 Å². The topological polar surface area (TPSA) is 207 Å². The molecule has 1 fully saturated rings. The van der Waals surface area contributed by atoms with E-state index in [2.05, 4.69) is 25.8 Å². The Balaban J connectivity index is 1.33. The maximum absolute atomic E-state index is 13.4. The van der Waals surface area contributed by atoms with Crippen LogP contribution in [-0.2, 0) is 14.4 Å². The summed E-state index contributed by atoms with van der Waals surface area (Å²) in [6.45, 7) is 1.81. The van der Waals surface area contributed by atoms with Crippen LogP contribution >= 0.6 is 34.9 Å². The molecule has 2 aliphatic rings. The Bertz CT molecular complexity index is 1660. The van der Waals surface area contributed by atoms with E-state index in [-0.39, 0.29) is 11.4 Å². The Hall–Kier alpha value is -4.22. The van der Waals surface area contributed by atoms with Gasteiger partial charge in [0.15, 0.2) is 4.34 Å². The van der Waals surface area contributed by atoms with E-state index >= 15 is 0 Å². The SMILES string of the molecule is Cc1nnc(SCC2=C(C(=O)O)N3C(=O)C(NC(=O)[C@H](NC(=O)c4cc(=O)[nH]c(=O)[nH]4)c4ccccc4)[C@H]3SC2)s1. The van der Waals surface area contributed by atoms with Gasteiger partial charge in [-0.05, 0) is 18.1 Å². The van der Waals surface area contributed by atoms with Gasteiger partial charge in [-0.25, -0.2) is 9.59 Å². The highest BCUT2D eigenvalue weighted by atomic mass is 32.2. The van der Waals surface area contributed by atoms with Gasteiger partial charge >= 0.3 is 11.7 Å². The summed E-state index contributed by atoms with van der Waals surface area (Å²) in [7, 11) is 0. The highest BCUT2D eigenvalue weighted by Gasteiger charge is 2.54. The molecule has 3 amide bonds. The molecule has 14 nitrogen and oxygen atoms in total. The number of hydrogen-bond acceptors (Lipinski definition) is 11. The van der Waals surface area contributed by atoms with Crippen LogP contribution in [0.25, 0.3) is 0 Å². The molecule has 1 saturated heterocycles. The van der Waals surface area contributed by atoms with E-state index in [1.165, 1.54) is 39.8 Å². The smallest absolute Gasteiger partial charge is 0.352 e. The molecule has 2 aromatic heterocycles. The number of amides is 3. The fourth-order valence-corrected chi connectivity index (χ4v) is 7.56. The van der Waals surface area contributed by atoms with Crippen LogP contribution in [0.3, 0.4) is 0 Å². The predicted molar refractivity (Wildman–Crippen MR) is 149 cm³/mol. The number of nitrogens with one attached hydrogen (secondary N) is 4. The molecular weight excluding hydrogens is 595 g/mol. The van der Waals surface area contributed by atoms with Crippen LogP contribution in [0, 0.1) is 6.92 Å². The van der Waals surface area contributed by atoms with E-state index in [9.17, 15) is 33.9 Å². The monoisotopic (exact) mass is 615 g/mol. The fourth-order valence-electron chi connectivity index (χ4n) is 4.26. The van der Waals surface area contributed by atoms with Crippen LogP contribution < -0.4 is 21.9 Å². The fraction of sp³-hybridized carbons (Fsp3) is 0.250. The molecule has 2 aliphatic heterocycles. The molecule has 0 radical (unpaired) electrons. The maximum Gasteiger partial charge on any atom is 0.352 e. The first kappa shape index (κ1) is 28.3. The van der Waals surface area contributed by atoms with Crippen molar-refractivity contribution in [2.24, 2.45) is 0 Å². The van der Waals surface area contributed by atoms with Crippen LogP contribution in [-0.4, -0.2) is 76.8 Å². The van der Waals surface area contributed by atoms with Gasteiger partial charge in [0.1, 0.15) is 33.9 Å². The lowest BCUT2D eigenvalue weighted by Gasteiger charge is -2.49. The Kier molecular flexibility index (Phi) is 8.09. The van der Waals surface area contributed by atoms with E-state index in [1.807, 2.05) is 11.9 Å². The van der Waals surface area contributed by atoms with Gasteiger partial charge in [0.05, 0.1) is 0 Å². The second-order valence-corrected chi connectivity index (χ2v) is 12.4. The van der Waals surface area contributed by atoms with Gasteiger partial charge < -0.3 is 20.7 Å². The zero-order valence-electron chi connectivity index (χ0n) is 21.1. The molecule has 4 heterocycles. The number of H-pyrrole nitrogens is 2. The van der Waals surface area contributed by atoms with Crippen molar-refractivity contribution in [3.05, 3.63) is 84.8 Å². The number of aryl methyl sites for hydroxylation is 1. The Morgan fingerprint density at radius 1 is 1.17 bits per heavy atom. The molecule has 1 aromatic carbocycles. The summed E-state index contributed by atoms with van der Waals surface area (Å²) in [5.74, 6) is -2.84. The van der Waals surface area contributed by atoms with E-state index < -0.39 is 52.4 Å². The molecule has 0 saturated carbocycles. The molecule has 0 aliphatic carbocycles.